The highest BCUT2D eigenvalue weighted by Gasteiger charge is 2.41. The van der Waals surface area contributed by atoms with Crippen molar-refractivity contribution in [1.82, 2.24) is 9.80 Å². The number of halogens is 3. The molecule has 1 aliphatic heterocycles. The maximum atomic E-state index is 12.1. The second kappa shape index (κ2) is 4.71. The molecular weight excluding hydrogens is 225 g/mol. The van der Waals surface area contributed by atoms with Gasteiger partial charge in [-0.1, -0.05) is 13.3 Å². The first kappa shape index (κ1) is 12.8. The van der Waals surface area contributed by atoms with Crippen LogP contribution in [0.25, 0.3) is 0 Å². The van der Waals surface area contributed by atoms with E-state index in [1.807, 2.05) is 6.92 Å². The summed E-state index contributed by atoms with van der Waals surface area (Å²) in [7, 11) is 0. The van der Waals surface area contributed by atoms with Crippen molar-refractivity contribution >= 4 is 11.9 Å². The molecule has 1 rings (SSSR count). The molecule has 0 atom stereocenters. The van der Waals surface area contributed by atoms with Gasteiger partial charge in [-0.25, -0.2) is 4.79 Å². The Hall–Kier alpha value is -1.27. The molecule has 0 aromatic carbocycles. The number of hydrogen-bond acceptors (Lipinski definition) is 2. The van der Waals surface area contributed by atoms with Gasteiger partial charge < -0.3 is 4.90 Å². The summed E-state index contributed by atoms with van der Waals surface area (Å²) in [4.78, 5) is 24.1. The maximum absolute atomic E-state index is 12.1. The first-order chi connectivity index (χ1) is 7.35. The second-order valence-electron chi connectivity index (χ2n) is 3.65. The van der Waals surface area contributed by atoms with Gasteiger partial charge in [0.1, 0.15) is 13.1 Å². The fraction of sp³-hybridized carbons (Fsp3) is 0.778. The van der Waals surface area contributed by atoms with Gasteiger partial charge in [0.25, 0.3) is 0 Å². The number of hydrogen-bond donors (Lipinski definition) is 0. The molecule has 1 aliphatic rings. The van der Waals surface area contributed by atoms with Gasteiger partial charge in [0.15, 0.2) is 0 Å². The van der Waals surface area contributed by atoms with Crippen LogP contribution >= 0.6 is 0 Å². The van der Waals surface area contributed by atoms with Crippen molar-refractivity contribution in [1.29, 1.82) is 0 Å². The first-order valence-corrected chi connectivity index (χ1v) is 5.01. The third-order valence-electron chi connectivity index (χ3n) is 2.23. The summed E-state index contributed by atoms with van der Waals surface area (Å²) in [6.07, 6.45) is -3.08. The Morgan fingerprint density at radius 2 is 1.94 bits per heavy atom. The van der Waals surface area contributed by atoms with E-state index in [4.69, 9.17) is 0 Å². The number of unbranched alkanes of at least 4 members (excludes halogenated alkanes) is 1. The summed E-state index contributed by atoms with van der Waals surface area (Å²) in [5, 5.41) is 0. The number of carbonyl (C=O) groups excluding carboxylic acids is 2. The Balaban J connectivity index is 2.60. The molecule has 0 radical (unpaired) electrons. The zero-order valence-electron chi connectivity index (χ0n) is 8.88. The van der Waals surface area contributed by atoms with E-state index in [1.165, 1.54) is 0 Å². The number of alkyl halides is 3. The third-order valence-corrected chi connectivity index (χ3v) is 2.23. The van der Waals surface area contributed by atoms with Gasteiger partial charge in [-0.3, -0.25) is 9.69 Å². The number of rotatable bonds is 4. The topological polar surface area (TPSA) is 40.6 Å². The molecule has 0 N–H and O–H groups in total. The number of nitrogens with zero attached hydrogens (tertiary/aromatic N) is 2. The fourth-order valence-electron chi connectivity index (χ4n) is 1.47. The largest absolute Gasteiger partial charge is 0.406 e. The van der Waals surface area contributed by atoms with Gasteiger partial charge in [0.2, 0.25) is 5.91 Å². The van der Waals surface area contributed by atoms with Gasteiger partial charge in [-0.15, -0.1) is 0 Å². The van der Waals surface area contributed by atoms with E-state index in [0.717, 1.165) is 11.3 Å². The lowest BCUT2D eigenvalue weighted by atomic mass is 10.3. The summed E-state index contributed by atoms with van der Waals surface area (Å²) < 4.78 is 36.2. The van der Waals surface area contributed by atoms with Crippen LogP contribution in [0.1, 0.15) is 19.8 Å². The van der Waals surface area contributed by atoms with Gasteiger partial charge >= 0.3 is 12.2 Å². The van der Waals surface area contributed by atoms with Gasteiger partial charge in [-0.2, -0.15) is 13.2 Å². The zero-order valence-corrected chi connectivity index (χ0v) is 8.88. The van der Waals surface area contributed by atoms with Crippen LogP contribution in [-0.2, 0) is 4.79 Å². The van der Waals surface area contributed by atoms with E-state index in [0.29, 0.717) is 11.3 Å². The molecule has 3 amide bonds. The molecule has 0 bridgehead atoms. The third kappa shape index (κ3) is 3.11. The van der Waals surface area contributed by atoms with Gasteiger partial charge in [-0.05, 0) is 6.42 Å². The van der Waals surface area contributed by atoms with E-state index in [9.17, 15) is 22.8 Å². The molecule has 0 spiro atoms. The molecule has 0 aromatic heterocycles. The molecule has 4 nitrogen and oxygen atoms in total. The molecule has 0 aliphatic carbocycles. The fourth-order valence-corrected chi connectivity index (χ4v) is 1.47. The van der Waals surface area contributed by atoms with Crippen molar-refractivity contribution < 1.29 is 22.8 Å². The summed E-state index contributed by atoms with van der Waals surface area (Å²) in [5.41, 5.74) is 0. The van der Waals surface area contributed by atoms with Crippen molar-refractivity contribution in [2.24, 2.45) is 0 Å². The van der Waals surface area contributed by atoms with E-state index >= 15 is 0 Å². The average Bonchev–Trinajstić information content (AvgIpc) is 2.37. The second-order valence-corrected chi connectivity index (χ2v) is 3.65. The Morgan fingerprint density at radius 1 is 1.31 bits per heavy atom. The van der Waals surface area contributed by atoms with Crippen LogP contribution in [0.3, 0.4) is 0 Å². The quantitative estimate of drug-likeness (QED) is 0.698. The van der Waals surface area contributed by atoms with Crippen molar-refractivity contribution in [3.63, 3.8) is 0 Å². The number of amides is 3. The van der Waals surface area contributed by atoms with Crippen LogP contribution < -0.4 is 0 Å². The summed E-state index contributed by atoms with van der Waals surface area (Å²) >= 11 is 0. The normalized spacial score (nSPS) is 17.5. The monoisotopic (exact) mass is 238 g/mol. The van der Waals surface area contributed by atoms with E-state index in [2.05, 4.69) is 0 Å². The van der Waals surface area contributed by atoms with Crippen LogP contribution in [0.15, 0.2) is 0 Å². The van der Waals surface area contributed by atoms with Crippen LogP contribution in [0, 0.1) is 0 Å². The Labute approximate surface area is 91.0 Å². The highest BCUT2D eigenvalue weighted by atomic mass is 19.4. The maximum Gasteiger partial charge on any atom is 0.406 e. The highest BCUT2D eigenvalue weighted by Crippen LogP contribution is 2.20. The van der Waals surface area contributed by atoms with E-state index in [1.54, 1.807) is 0 Å². The van der Waals surface area contributed by atoms with Crippen LogP contribution in [0.4, 0.5) is 18.0 Å². The number of carbonyl (C=O) groups is 2. The van der Waals surface area contributed by atoms with Crippen molar-refractivity contribution in [3.05, 3.63) is 0 Å². The minimum atomic E-state index is -4.46. The molecule has 0 aromatic rings. The Morgan fingerprint density at radius 3 is 2.44 bits per heavy atom. The standard InChI is InChI=1S/C9H13F3N2O2/c1-2-3-4-14-7(15)5-13(8(14)16)6-9(10,11)12/h2-6H2,1H3. The van der Waals surface area contributed by atoms with Crippen molar-refractivity contribution in [2.75, 3.05) is 19.6 Å². The molecule has 92 valence electrons. The smallest absolute Gasteiger partial charge is 0.306 e. The molecule has 16 heavy (non-hydrogen) atoms. The zero-order chi connectivity index (χ0) is 12.3. The minimum absolute atomic E-state index is 0.197. The molecule has 0 saturated carbocycles. The van der Waals surface area contributed by atoms with Gasteiger partial charge in [0.05, 0.1) is 0 Å². The summed E-state index contributed by atoms with van der Waals surface area (Å²) in [6, 6.07) is -0.837. The summed E-state index contributed by atoms with van der Waals surface area (Å²) in [6.45, 7) is 0.239. The van der Waals surface area contributed by atoms with Gasteiger partial charge in [0, 0.05) is 6.54 Å². The number of imide groups is 1. The Bertz CT molecular complexity index is 291. The van der Waals surface area contributed by atoms with Crippen molar-refractivity contribution in [3.8, 4) is 0 Å². The molecule has 1 saturated heterocycles. The van der Waals surface area contributed by atoms with Crippen LogP contribution in [0.5, 0.6) is 0 Å². The lowest BCUT2D eigenvalue weighted by Gasteiger charge is -2.18. The molecule has 1 fully saturated rings. The average molecular weight is 238 g/mol. The molecule has 7 heteroatoms. The number of urea groups is 1. The first-order valence-electron chi connectivity index (χ1n) is 5.01. The molecule has 1 heterocycles. The van der Waals surface area contributed by atoms with E-state index in [-0.39, 0.29) is 6.54 Å². The predicted molar refractivity (Wildman–Crippen MR) is 49.6 cm³/mol. The van der Waals surface area contributed by atoms with Crippen molar-refractivity contribution in [2.45, 2.75) is 25.9 Å². The minimum Gasteiger partial charge on any atom is -0.306 e. The highest BCUT2D eigenvalue weighted by molar-refractivity contribution is 6.01. The van der Waals surface area contributed by atoms with E-state index < -0.39 is 31.2 Å². The molecular formula is C9H13F3N2O2. The predicted octanol–water partition coefficient (Wildman–Crippen LogP) is 1.61. The lowest BCUT2D eigenvalue weighted by molar-refractivity contribution is -0.139. The molecule has 0 unspecified atom stereocenters. The lowest BCUT2D eigenvalue weighted by Crippen LogP contribution is -2.38. The van der Waals surface area contributed by atoms with Crippen LogP contribution in [-0.4, -0.2) is 47.5 Å². The summed E-state index contributed by atoms with van der Waals surface area (Å²) in [5.74, 6) is -0.553. The van der Waals surface area contributed by atoms with Crippen LogP contribution in [0.2, 0.25) is 0 Å². The SMILES string of the molecule is CCCCN1C(=O)CN(CC(F)(F)F)C1=O. The Kier molecular flexibility index (Phi) is 3.77.